The lowest BCUT2D eigenvalue weighted by molar-refractivity contribution is -0.143. The van der Waals surface area contributed by atoms with Crippen LogP contribution in [-0.4, -0.2) is 24.7 Å². The molecule has 0 amide bonds. The molecule has 1 aromatic rings. The summed E-state index contributed by atoms with van der Waals surface area (Å²) in [5, 5.41) is 3.34. The third kappa shape index (κ3) is 3.15. The van der Waals surface area contributed by atoms with Crippen LogP contribution >= 0.6 is 0 Å². The number of hydrogen-bond donors (Lipinski definition) is 1. The van der Waals surface area contributed by atoms with Crippen LogP contribution in [-0.2, 0) is 6.18 Å². The maximum Gasteiger partial charge on any atom is 0.437 e. The highest BCUT2D eigenvalue weighted by Crippen LogP contribution is 2.51. The summed E-state index contributed by atoms with van der Waals surface area (Å²) in [5.74, 6) is 0.209. The molecule has 1 aliphatic carbocycles. The third-order valence-electron chi connectivity index (χ3n) is 4.62. The molecule has 21 heavy (non-hydrogen) atoms. The lowest BCUT2D eigenvalue weighted by Crippen LogP contribution is -2.46. The topological polar surface area (TPSA) is 34.1 Å². The van der Waals surface area contributed by atoms with Crippen LogP contribution in [0.2, 0.25) is 0 Å². The molecule has 3 nitrogen and oxygen atoms in total. The summed E-state index contributed by atoms with van der Waals surface area (Å²) in [7, 11) is 0. The third-order valence-corrected chi connectivity index (χ3v) is 4.62. The quantitative estimate of drug-likeness (QED) is 0.930. The van der Waals surface area contributed by atoms with Gasteiger partial charge in [-0.05, 0) is 62.2 Å². The number of aromatic nitrogens is 1. The van der Waals surface area contributed by atoms with Crippen molar-refractivity contribution >= 4 is 0 Å². The van der Waals surface area contributed by atoms with Crippen LogP contribution in [0.15, 0.2) is 18.3 Å². The molecular weight excluding hydrogens is 281 g/mol. The van der Waals surface area contributed by atoms with Crippen molar-refractivity contribution in [3.05, 3.63) is 24.0 Å². The molecule has 1 aliphatic heterocycles. The van der Waals surface area contributed by atoms with Crippen LogP contribution in [0.1, 0.15) is 31.4 Å². The summed E-state index contributed by atoms with van der Waals surface area (Å²) < 4.78 is 43.8. The fourth-order valence-electron chi connectivity index (χ4n) is 3.58. The second-order valence-electron chi connectivity index (χ2n) is 6.18. The molecule has 6 heteroatoms. The van der Waals surface area contributed by atoms with Crippen molar-refractivity contribution in [2.24, 2.45) is 11.3 Å². The molecule has 0 unspecified atom stereocenters. The Hall–Kier alpha value is -1.30. The van der Waals surface area contributed by atoms with Crippen molar-refractivity contribution in [1.29, 1.82) is 0 Å². The van der Waals surface area contributed by atoms with Crippen molar-refractivity contribution in [2.75, 3.05) is 19.7 Å². The molecule has 1 spiro atoms. The van der Waals surface area contributed by atoms with Crippen LogP contribution in [0, 0.1) is 11.3 Å². The molecular formula is C15H19F3N2O. The van der Waals surface area contributed by atoms with E-state index in [9.17, 15) is 13.2 Å². The van der Waals surface area contributed by atoms with Gasteiger partial charge in [-0.15, -0.1) is 0 Å². The van der Waals surface area contributed by atoms with Gasteiger partial charge in [0.15, 0.2) is 5.69 Å². The first-order valence-corrected chi connectivity index (χ1v) is 7.34. The summed E-state index contributed by atoms with van der Waals surface area (Å²) in [5.41, 5.74) is -0.512. The number of ether oxygens (including phenoxy) is 1. The molecule has 2 heterocycles. The lowest BCUT2D eigenvalue weighted by Gasteiger charge is -2.50. The Balaban J connectivity index is 1.55. The van der Waals surface area contributed by atoms with Gasteiger partial charge >= 0.3 is 6.18 Å². The van der Waals surface area contributed by atoms with Crippen LogP contribution in [0.4, 0.5) is 13.2 Å². The Morgan fingerprint density at radius 3 is 2.67 bits per heavy atom. The summed E-state index contributed by atoms with van der Waals surface area (Å²) in [6.07, 6.45) is 1.15. The summed E-state index contributed by atoms with van der Waals surface area (Å²) in [6.45, 7) is 2.45. The smallest absolute Gasteiger partial charge is 0.437 e. The van der Waals surface area contributed by atoms with Crippen molar-refractivity contribution in [3.63, 3.8) is 0 Å². The van der Waals surface area contributed by atoms with Gasteiger partial charge in [0.05, 0.1) is 6.61 Å². The summed E-state index contributed by atoms with van der Waals surface area (Å²) in [4.78, 5) is 3.40. The van der Waals surface area contributed by atoms with Crippen LogP contribution in [0.5, 0.6) is 5.75 Å². The molecule has 2 aliphatic rings. The zero-order valence-corrected chi connectivity index (χ0v) is 11.7. The van der Waals surface area contributed by atoms with Crippen molar-refractivity contribution in [1.82, 2.24) is 10.3 Å². The number of rotatable bonds is 3. The molecule has 0 atom stereocenters. The zero-order valence-electron chi connectivity index (χ0n) is 11.7. The number of hydrogen-bond acceptors (Lipinski definition) is 3. The van der Waals surface area contributed by atoms with Gasteiger partial charge in [0.25, 0.3) is 0 Å². The number of alkyl halides is 3. The van der Waals surface area contributed by atoms with E-state index < -0.39 is 11.9 Å². The van der Waals surface area contributed by atoms with E-state index in [2.05, 4.69) is 10.3 Å². The highest BCUT2D eigenvalue weighted by Gasteiger charge is 2.45. The lowest BCUT2D eigenvalue weighted by atomic mass is 9.58. The van der Waals surface area contributed by atoms with E-state index in [-0.39, 0.29) is 5.75 Å². The average molecular weight is 300 g/mol. The highest BCUT2D eigenvalue weighted by atomic mass is 19.4. The van der Waals surface area contributed by atoms with Gasteiger partial charge in [-0.3, -0.25) is 0 Å². The fraction of sp³-hybridized carbons (Fsp3) is 0.667. The molecule has 1 saturated carbocycles. The Labute approximate surface area is 121 Å². The summed E-state index contributed by atoms with van der Waals surface area (Å²) >= 11 is 0. The first-order valence-electron chi connectivity index (χ1n) is 7.34. The number of nitrogens with zero attached hydrogens (tertiary/aromatic N) is 1. The van der Waals surface area contributed by atoms with Gasteiger partial charge in [0, 0.05) is 6.20 Å². The predicted octanol–water partition coefficient (Wildman–Crippen LogP) is 3.26. The van der Waals surface area contributed by atoms with E-state index in [4.69, 9.17) is 4.74 Å². The minimum absolute atomic E-state index is 0.156. The Morgan fingerprint density at radius 2 is 2.00 bits per heavy atom. The van der Waals surface area contributed by atoms with Crippen LogP contribution < -0.4 is 10.1 Å². The first kappa shape index (κ1) is 14.6. The van der Waals surface area contributed by atoms with Crippen LogP contribution in [0.25, 0.3) is 0 Å². The first-order chi connectivity index (χ1) is 9.99. The molecule has 0 bridgehead atoms. The molecule has 0 aromatic carbocycles. The fourth-order valence-corrected chi connectivity index (χ4v) is 3.58. The maximum absolute atomic E-state index is 12.8. The normalized spacial score (nSPS) is 22.0. The van der Waals surface area contributed by atoms with Gasteiger partial charge in [0.1, 0.15) is 5.75 Å². The second kappa shape index (κ2) is 5.48. The minimum Gasteiger partial charge on any atom is -0.491 e. The maximum atomic E-state index is 12.8. The molecule has 2 fully saturated rings. The average Bonchev–Trinajstić information content (AvgIpc) is 2.43. The van der Waals surface area contributed by atoms with Gasteiger partial charge in [-0.25, -0.2) is 4.98 Å². The molecule has 0 radical (unpaired) electrons. The van der Waals surface area contributed by atoms with E-state index in [1.807, 2.05) is 0 Å². The molecule has 1 saturated heterocycles. The van der Waals surface area contributed by atoms with Gasteiger partial charge in [0.2, 0.25) is 0 Å². The van der Waals surface area contributed by atoms with E-state index in [0.29, 0.717) is 17.9 Å². The number of piperidine rings is 1. The van der Waals surface area contributed by atoms with Crippen LogP contribution in [0.3, 0.4) is 0 Å². The van der Waals surface area contributed by atoms with Crippen molar-refractivity contribution < 1.29 is 17.9 Å². The monoisotopic (exact) mass is 300 g/mol. The molecule has 3 rings (SSSR count). The Kier molecular flexibility index (Phi) is 3.82. The zero-order chi connectivity index (χ0) is 14.9. The van der Waals surface area contributed by atoms with Crippen molar-refractivity contribution in [3.8, 4) is 5.75 Å². The second-order valence-corrected chi connectivity index (χ2v) is 6.18. The largest absolute Gasteiger partial charge is 0.491 e. The van der Waals surface area contributed by atoms with E-state index in [1.165, 1.54) is 25.0 Å². The summed E-state index contributed by atoms with van der Waals surface area (Å²) in [6, 6.07) is 2.81. The highest BCUT2D eigenvalue weighted by molar-refractivity contribution is 5.29. The molecule has 1 N–H and O–H groups in total. The van der Waals surface area contributed by atoms with E-state index in [0.717, 1.165) is 32.1 Å². The number of pyridine rings is 1. The molecule has 1 aromatic heterocycles. The van der Waals surface area contributed by atoms with Gasteiger partial charge < -0.3 is 10.1 Å². The van der Waals surface area contributed by atoms with Gasteiger partial charge in [-0.2, -0.15) is 13.2 Å². The number of halogens is 3. The van der Waals surface area contributed by atoms with E-state index >= 15 is 0 Å². The Bertz CT molecular complexity index is 490. The van der Waals surface area contributed by atoms with Crippen molar-refractivity contribution in [2.45, 2.75) is 31.9 Å². The van der Waals surface area contributed by atoms with E-state index in [1.54, 1.807) is 0 Å². The minimum atomic E-state index is -4.47. The predicted molar refractivity (Wildman–Crippen MR) is 72.0 cm³/mol. The standard InChI is InChI=1S/C15H19F3N2O/c16-15(17,18)13-12(2-1-5-20-13)21-10-11-8-14(9-11)3-6-19-7-4-14/h1-2,5,11,19H,3-4,6-10H2. The van der Waals surface area contributed by atoms with Gasteiger partial charge in [-0.1, -0.05) is 0 Å². The number of nitrogens with one attached hydrogen (secondary N) is 1. The molecule has 116 valence electrons. The SMILES string of the molecule is FC(F)(F)c1ncccc1OCC1CC2(CCNCC2)C1. The Morgan fingerprint density at radius 1 is 1.29 bits per heavy atom.